The maximum absolute atomic E-state index is 8.88. The summed E-state index contributed by atoms with van der Waals surface area (Å²) in [7, 11) is -9.28. The van der Waals surface area contributed by atoms with Crippen molar-refractivity contribution >= 4 is 50.4 Å². The van der Waals surface area contributed by atoms with Crippen LogP contribution in [-0.4, -0.2) is 40.1 Å². The van der Waals surface area contributed by atoms with Gasteiger partial charge in [0.2, 0.25) is 0 Å². The Hall–Kier alpha value is 1.09. The van der Waals surface area contributed by atoms with Gasteiger partial charge in [-0.15, -0.1) is 34.8 Å². The van der Waals surface area contributed by atoms with E-state index in [1.165, 1.54) is 0 Å². The van der Waals surface area contributed by atoms with Gasteiger partial charge in [0.25, 0.3) is 0 Å². The highest BCUT2D eigenvalue weighted by molar-refractivity contribution is 7.45. The molecule has 0 spiro atoms. The van der Waals surface area contributed by atoms with Gasteiger partial charge < -0.3 is 29.4 Å². The van der Waals surface area contributed by atoms with Crippen molar-refractivity contribution in [2.75, 3.05) is 5.88 Å². The average molecular weight is 386 g/mol. The minimum Gasteiger partial charge on any atom is -0.303 e. The zero-order chi connectivity index (χ0) is 16.3. The first-order valence-corrected chi connectivity index (χ1v) is 9.13. The van der Waals surface area contributed by atoms with E-state index in [1.807, 2.05) is 6.92 Å². The lowest BCUT2D eigenvalue weighted by molar-refractivity contribution is 0.272. The molecule has 0 aromatic rings. The van der Waals surface area contributed by atoms with Crippen molar-refractivity contribution < 1.29 is 38.5 Å². The van der Waals surface area contributed by atoms with Crippen LogP contribution in [0.1, 0.15) is 19.8 Å². The summed E-state index contributed by atoms with van der Waals surface area (Å²) in [6.45, 7) is 2.03. The highest BCUT2D eigenvalue weighted by Crippen LogP contribution is 2.26. The summed E-state index contributed by atoms with van der Waals surface area (Å²) in [4.78, 5) is 42.9. The molecule has 1 atom stereocenters. The highest BCUT2D eigenvalue weighted by atomic mass is 35.5. The molecule has 0 saturated heterocycles. The number of phosphoric acid groups is 2. The number of rotatable bonds is 4. The Kier molecular flexibility index (Phi) is 16.9. The van der Waals surface area contributed by atoms with Crippen molar-refractivity contribution in [2.24, 2.45) is 5.92 Å². The van der Waals surface area contributed by atoms with E-state index in [4.69, 9.17) is 73.3 Å². The summed E-state index contributed by atoms with van der Waals surface area (Å²) in [5.74, 6) is 1.07. The third-order valence-electron chi connectivity index (χ3n) is 1.22. The fourth-order valence-corrected chi connectivity index (χ4v) is 0.931. The standard InChI is InChI=1S/C6H11Cl3.2H3O4P/c1-5(6(8)9)3-2-4-7;2*1-5(2,3)4/h5-6H,2-4H2,1H3;2*(H3,1,2,3,4). The molecule has 19 heavy (non-hydrogen) atoms. The maximum atomic E-state index is 8.88. The summed E-state index contributed by atoms with van der Waals surface area (Å²) in [6, 6.07) is 0. The number of halogens is 3. The summed E-state index contributed by atoms with van der Waals surface area (Å²) >= 11 is 16.6. The van der Waals surface area contributed by atoms with Gasteiger partial charge in [0.1, 0.15) is 4.84 Å². The Balaban J connectivity index is -0.000000219. The fraction of sp³-hybridized carbons (Fsp3) is 1.00. The van der Waals surface area contributed by atoms with Crippen LogP contribution in [0.4, 0.5) is 0 Å². The Labute approximate surface area is 125 Å². The molecule has 6 N–H and O–H groups in total. The zero-order valence-electron chi connectivity index (χ0n) is 9.80. The first-order chi connectivity index (χ1) is 8.18. The Bertz CT molecular complexity index is 254. The van der Waals surface area contributed by atoms with Gasteiger partial charge in [0.05, 0.1) is 0 Å². The molecule has 8 nitrogen and oxygen atoms in total. The third kappa shape index (κ3) is 67.5. The van der Waals surface area contributed by atoms with E-state index < -0.39 is 15.6 Å². The van der Waals surface area contributed by atoms with Crippen LogP contribution in [0.25, 0.3) is 0 Å². The molecule has 0 heterocycles. The van der Waals surface area contributed by atoms with E-state index in [0.717, 1.165) is 12.8 Å². The first kappa shape index (κ1) is 25.1. The van der Waals surface area contributed by atoms with E-state index in [1.54, 1.807) is 0 Å². The van der Waals surface area contributed by atoms with Gasteiger partial charge in [-0.2, -0.15) is 0 Å². The second-order valence-electron chi connectivity index (χ2n) is 3.17. The van der Waals surface area contributed by atoms with Crippen LogP contribution in [0.5, 0.6) is 0 Å². The minimum absolute atomic E-state index is 0.242. The minimum atomic E-state index is -4.64. The van der Waals surface area contributed by atoms with Crippen molar-refractivity contribution in [2.45, 2.75) is 24.6 Å². The largest absolute Gasteiger partial charge is 0.466 e. The molecule has 0 aromatic carbocycles. The molecule has 0 radical (unpaired) electrons. The van der Waals surface area contributed by atoms with Crippen LogP contribution >= 0.6 is 50.4 Å². The van der Waals surface area contributed by atoms with Crippen molar-refractivity contribution in [1.82, 2.24) is 0 Å². The van der Waals surface area contributed by atoms with Crippen LogP contribution < -0.4 is 0 Å². The number of alkyl halides is 3. The van der Waals surface area contributed by atoms with Crippen molar-refractivity contribution in [3.05, 3.63) is 0 Å². The van der Waals surface area contributed by atoms with Gasteiger partial charge in [-0.05, 0) is 18.8 Å². The lowest BCUT2D eigenvalue weighted by atomic mass is 10.1. The monoisotopic (exact) mass is 384 g/mol. The van der Waals surface area contributed by atoms with Crippen LogP contribution in [0.3, 0.4) is 0 Å². The maximum Gasteiger partial charge on any atom is 0.466 e. The molecule has 0 aromatic heterocycles. The molecular weight excluding hydrogens is 368 g/mol. The molecule has 0 bridgehead atoms. The first-order valence-electron chi connectivity index (χ1n) is 4.59. The summed E-state index contributed by atoms with van der Waals surface area (Å²) < 4.78 is 17.8. The van der Waals surface area contributed by atoms with Crippen LogP contribution in [0.15, 0.2) is 0 Å². The Morgan fingerprint density at radius 3 is 1.37 bits per heavy atom. The molecule has 0 aliphatic heterocycles. The molecule has 0 aliphatic carbocycles. The lowest BCUT2D eigenvalue weighted by Crippen LogP contribution is -2.03. The van der Waals surface area contributed by atoms with Gasteiger partial charge >= 0.3 is 15.6 Å². The molecule has 0 saturated carbocycles. The van der Waals surface area contributed by atoms with Gasteiger partial charge in [-0.3, -0.25) is 0 Å². The van der Waals surface area contributed by atoms with E-state index in [2.05, 4.69) is 0 Å². The summed E-state index contributed by atoms with van der Waals surface area (Å²) in [6.07, 6.45) is 2.01. The van der Waals surface area contributed by atoms with E-state index >= 15 is 0 Å². The summed E-state index contributed by atoms with van der Waals surface area (Å²) in [5.41, 5.74) is 0. The van der Waals surface area contributed by atoms with Gasteiger partial charge in [-0.25, -0.2) is 9.13 Å². The predicted octanol–water partition coefficient (Wildman–Crippen LogP) is 1.59. The predicted molar refractivity (Wildman–Crippen MR) is 73.1 cm³/mol. The van der Waals surface area contributed by atoms with E-state index in [0.29, 0.717) is 11.8 Å². The smallest absolute Gasteiger partial charge is 0.303 e. The summed E-state index contributed by atoms with van der Waals surface area (Å²) in [5, 5.41) is 0. The fourth-order valence-electron chi connectivity index (χ4n) is 0.525. The normalized spacial score (nSPS) is 13.0. The van der Waals surface area contributed by atoms with Crippen LogP contribution in [0, 0.1) is 5.92 Å². The average Bonchev–Trinajstić information content (AvgIpc) is 2.08. The lowest BCUT2D eigenvalue weighted by Gasteiger charge is -2.09. The topological polar surface area (TPSA) is 156 Å². The van der Waals surface area contributed by atoms with Gasteiger partial charge in [-0.1, -0.05) is 6.92 Å². The van der Waals surface area contributed by atoms with Gasteiger partial charge in [0, 0.05) is 5.88 Å². The van der Waals surface area contributed by atoms with Crippen molar-refractivity contribution in [3.8, 4) is 0 Å². The molecular formula is C6H17Cl3O8P2. The second-order valence-corrected chi connectivity index (χ2v) is 6.76. The SMILES string of the molecule is CC(CCCCl)C(Cl)Cl.O=P(O)(O)O.O=P(O)(O)O. The molecule has 0 rings (SSSR count). The van der Waals surface area contributed by atoms with Crippen LogP contribution in [0.2, 0.25) is 0 Å². The molecule has 0 amide bonds. The van der Waals surface area contributed by atoms with E-state index in [-0.39, 0.29) is 4.84 Å². The molecule has 13 heteroatoms. The van der Waals surface area contributed by atoms with Crippen molar-refractivity contribution in [3.63, 3.8) is 0 Å². The molecule has 1 unspecified atom stereocenters. The Morgan fingerprint density at radius 2 is 1.21 bits per heavy atom. The second kappa shape index (κ2) is 12.8. The van der Waals surface area contributed by atoms with Gasteiger partial charge in [0.15, 0.2) is 0 Å². The quantitative estimate of drug-likeness (QED) is 0.315. The van der Waals surface area contributed by atoms with Crippen LogP contribution in [-0.2, 0) is 9.13 Å². The Morgan fingerprint density at radius 1 is 0.947 bits per heavy atom. The molecule has 120 valence electrons. The van der Waals surface area contributed by atoms with Crippen molar-refractivity contribution in [1.29, 1.82) is 0 Å². The number of hydrogen-bond donors (Lipinski definition) is 6. The molecule has 0 fully saturated rings. The highest BCUT2D eigenvalue weighted by Gasteiger charge is 2.09. The third-order valence-corrected chi connectivity index (χ3v) is 2.35. The zero-order valence-corrected chi connectivity index (χ0v) is 13.9. The van der Waals surface area contributed by atoms with E-state index in [9.17, 15) is 0 Å². The number of hydrogen-bond acceptors (Lipinski definition) is 2. The molecule has 0 aliphatic rings.